The summed E-state index contributed by atoms with van der Waals surface area (Å²) in [6, 6.07) is 0.870. The maximum atomic E-state index is 2.61. The van der Waals surface area contributed by atoms with Crippen molar-refractivity contribution in [3.63, 3.8) is 0 Å². The van der Waals surface area contributed by atoms with Crippen LogP contribution in [0, 0.1) is 0 Å². The first-order valence-corrected chi connectivity index (χ1v) is 5.73. The summed E-state index contributed by atoms with van der Waals surface area (Å²) >= 11 is 0. The van der Waals surface area contributed by atoms with Crippen LogP contribution in [-0.4, -0.2) is 24.0 Å². The molecule has 0 aromatic heterocycles. The molecule has 1 aliphatic carbocycles. The van der Waals surface area contributed by atoms with Gasteiger partial charge in [0, 0.05) is 12.6 Å². The predicted octanol–water partition coefficient (Wildman–Crippen LogP) is 3.22. The summed E-state index contributed by atoms with van der Waals surface area (Å²) in [5.41, 5.74) is 0. The van der Waals surface area contributed by atoms with E-state index in [4.69, 9.17) is 0 Å². The molecule has 1 heteroatoms. The Hall–Kier alpha value is -0.300. The van der Waals surface area contributed by atoms with Crippen LogP contribution >= 0.6 is 0 Å². The van der Waals surface area contributed by atoms with Crippen molar-refractivity contribution < 1.29 is 0 Å². The van der Waals surface area contributed by atoms with E-state index >= 15 is 0 Å². The van der Waals surface area contributed by atoms with Gasteiger partial charge in [-0.05, 0) is 26.3 Å². The van der Waals surface area contributed by atoms with Crippen LogP contribution in [0.1, 0.15) is 46.0 Å². The molecule has 0 aromatic rings. The highest BCUT2D eigenvalue weighted by atomic mass is 15.1. The van der Waals surface area contributed by atoms with Crippen molar-refractivity contribution in [2.75, 3.05) is 13.1 Å². The molecule has 0 unspecified atom stereocenters. The Morgan fingerprint density at radius 2 is 1.92 bits per heavy atom. The van der Waals surface area contributed by atoms with Crippen LogP contribution in [0.5, 0.6) is 0 Å². The number of rotatable bonds is 4. The lowest BCUT2D eigenvalue weighted by atomic mass is 9.94. The molecule has 1 aliphatic rings. The first-order valence-electron chi connectivity index (χ1n) is 5.73. The summed E-state index contributed by atoms with van der Waals surface area (Å²) in [5, 5.41) is 0. The van der Waals surface area contributed by atoms with Crippen LogP contribution in [0.15, 0.2) is 12.2 Å². The Balaban J connectivity index is 2.34. The Kier molecular flexibility index (Phi) is 5.14. The van der Waals surface area contributed by atoms with Crippen molar-refractivity contribution in [2.24, 2.45) is 0 Å². The molecule has 0 atom stereocenters. The molecule has 0 aromatic carbocycles. The van der Waals surface area contributed by atoms with Gasteiger partial charge in [0.15, 0.2) is 0 Å². The van der Waals surface area contributed by atoms with E-state index in [1.54, 1.807) is 0 Å². The molecule has 0 saturated heterocycles. The lowest BCUT2D eigenvalue weighted by molar-refractivity contribution is 0.180. The Morgan fingerprint density at radius 1 is 1.23 bits per heavy atom. The van der Waals surface area contributed by atoms with E-state index in [-0.39, 0.29) is 0 Å². The van der Waals surface area contributed by atoms with Crippen LogP contribution in [0.4, 0.5) is 0 Å². The Labute approximate surface area is 82.8 Å². The molecular formula is C12H23N. The minimum atomic E-state index is 0.870. The predicted molar refractivity (Wildman–Crippen MR) is 58.9 cm³/mol. The average molecular weight is 181 g/mol. The molecule has 0 radical (unpaired) electrons. The summed E-state index contributed by atoms with van der Waals surface area (Å²) in [5.74, 6) is 0. The second-order valence-electron chi connectivity index (χ2n) is 3.95. The molecule has 0 bridgehead atoms. The van der Waals surface area contributed by atoms with E-state index in [0.717, 1.165) is 12.6 Å². The lowest BCUT2D eigenvalue weighted by Crippen LogP contribution is -2.36. The van der Waals surface area contributed by atoms with Crippen LogP contribution in [-0.2, 0) is 0 Å². The number of likely N-dealkylation sites (N-methyl/N-ethyl adjacent to an activating group) is 1. The average Bonchev–Trinajstić information content (AvgIpc) is 2.21. The van der Waals surface area contributed by atoms with Gasteiger partial charge in [-0.3, -0.25) is 4.90 Å². The second kappa shape index (κ2) is 6.20. The Bertz CT molecular complexity index is 145. The normalized spacial score (nSPS) is 20.2. The monoisotopic (exact) mass is 181 g/mol. The van der Waals surface area contributed by atoms with Crippen LogP contribution in [0.25, 0.3) is 0 Å². The van der Waals surface area contributed by atoms with E-state index in [1.165, 1.54) is 38.6 Å². The highest BCUT2D eigenvalue weighted by Gasteiger charge is 2.18. The minimum absolute atomic E-state index is 0.870. The SMILES string of the molecule is CC=CCN(CC)C1CCCCC1. The highest BCUT2D eigenvalue weighted by molar-refractivity contribution is 4.84. The maximum Gasteiger partial charge on any atom is 0.0165 e. The molecule has 0 aliphatic heterocycles. The maximum absolute atomic E-state index is 2.61. The third-order valence-corrected chi connectivity index (χ3v) is 3.07. The third kappa shape index (κ3) is 3.51. The van der Waals surface area contributed by atoms with Crippen molar-refractivity contribution in [3.8, 4) is 0 Å². The molecule has 76 valence electrons. The summed E-state index contributed by atoms with van der Waals surface area (Å²) in [7, 11) is 0. The zero-order chi connectivity index (χ0) is 9.52. The number of allylic oxidation sites excluding steroid dienone is 1. The molecule has 0 amide bonds. The van der Waals surface area contributed by atoms with Gasteiger partial charge in [-0.2, -0.15) is 0 Å². The molecule has 1 fully saturated rings. The summed E-state index contributed by atoms with van der Waals surface area (Å²) in [4.78, 5) is 2.61. The van der Waals surface area contributed by atoms with E-state index in [1.807, 2.05) is 0 Å². The van der Waals surface area contributed by atoms with E-state index in [0.29, 0.717) is 0 Å². The van der Waals surface area contributed by atoms with Gasteiger partial charge < -0.3 is 0 Å². The topological polar surface area (TPSA) is 3.24 Å². The smallest absolute Gasteiger partial charge is 0.0165 e. The Morgan fingerprint density at radius 3 is 2.46 bits per heavy atom. The zero-order valence-corrected chi connectivity index (χ0v) is 9.13. The summed E-state index contributed by atoms with van der Waals surface area (Å²) < 4.78 is 0. The van der Waals surface area contributed by atoms with Gasteiger partial charge in [-0.25, -0.2) is 0 Å². The van der Waals surface area contributed by atoms with Crippen molar-refractivity contribution in [1.82, 2.24) is 4.90 Å². The number of nitrogens with zero attached hydrogens (tertiary/aromatic N) is 1. The van der Waals surface area contributed by atoms with Crippen LogP contribution in [0.3, 0.4) is 0 Å². The van der Waals surface area contributed by atoms with Crippen molar-refractivity contribution in [3.05, 3.63) is 12.2 Å². The molecule has 0 spiro atoms. The molecular weight excluding hydrogens is 158 g/mol. The summed E-state index contributed by atoms with van der Waals surface area (Å²) in [6.07, 6.45) is 11.6. The van der Waals surface area contributed by atoms with Crippen molar-refractivity contribution in [1.29, 1.82) is 0 Å². The van der Waals surface area contributed by atoms with Gasteiger partial charge in [-0.15, -0.1) is 0 Å². The van der Waals surface area contributed by atoms with Gasteiger partial charge >= 0.3 is 0 Å². The molecule has 1 rings (SSSR count). The van der Waals surface area contributed by atoms with Gasteiger partial charge in [0.25, 0.3) is 0 Å². The lowest BCUT2D eigenvalue weighted by Gasteiger charge is -2.32. The van der Waals surface area contributed by atoms with Gasteiger partial charge in [-0.1, -0.05) is 38.3 Å². The van der Waals surface area contributed by atoms with Gasteiger partial charge in [0.1, 0.15) is 0 Å². The molecule has 0 N–H and O–H groups in total. The number of hydrogen-bond donors (Lipinski definition) is 0. The fourth-order valence-corrected chi connectivity index (χ4v) is 2.22. The first kappa shape index (κ1) is 10.8. The summed E-state index contributed by atoms with van der Waals surface area (Å²) in [6.45, 7) is 6.74. The van der Waals surface area contributed by atoms with Gasteiger partial charge in [0.2, 0.25) is 0 Å². The van der Waals surface area contributed by atoms with E-state index in [2.05, 4.69) is 30.9 Å². The first-order chi connectivity index (χ1) is 6.38. The van der Waals surface area contributed by atoms with Crippen molar-refractivity contribution in [2.45, 2.75) is 52.0 Å². The third-order valence-electron chi connectivity index (χ3n) is 3.07. The fourth-order valence-electron chi connectivity index (χ4n) is 2.22. The fraction of sp³-hybridized carbons (Fsp3) is 0.833. The second-order valence-corrected chi connectivity index (χ2v) is 3.95. The van der Waals surface area contributed by atoms with E-state index in [9.17, 15) is 0 Å². The van der Waals surface area contributed by atoms with Crippen molar-refractivity contribution >= 4 is 0 Å². The number of hydrogen-bond acceptors (Lipinski definition) is 1. The zero-order valence-electron chi connectivity index (χ0n) is 9.13. The highest BCUT2D eigenvalue weighted by Crippen LogP contribution is 2.22. The van der Waals surface area contributed by atoms with Crippen LogP contribution in [0.2, 0.25) is 0 Å². The molecule has 1 nitrogen and oxygen atoms in total. The van der Waals surface area contributed by atoms with E-state index < -0.39 is 0 Å². The standard InChI is InChI=1S/C12H23N/c1-3-5-11-13(4-2)12-9-7-6-8-10-12/h3,5,12H,4,6-11H2,1-2H3. The minimum Gasteiger partial charge on any atom is -0.297 e. The molecule has 0 heterocycles. The quantitative estimate of drug-likeness (QED) is 0.602. The molecule has 13 heavy (non-hydrogen) atoms. The largest absolute Gasteiger partial charge is 0.297 e. The molecule has 1 saturated carbocycles. The van der Waals surface area contributed by atoms with Gasteiger partial charge in [0.05, 0.1) is 0 Å². The van der Waals surface area contributed by atoms with Crippen LogP contribution < -0.4 is 0 Å².